The van der Waals surface area contributed by atoms with Crippen molar-refractivity contribution in [2.75, 3.05) is 11.9 Å². The van der Waals surface area contributed by atoms with Crippen LogP contribution in [-0.4, -0.2) is 11.5 Å². The van der Waals surface area contributed by atoms with E-state index in [9.17, 15) is 4.39 Å². The topological polar surface area (TPSA) is 24.9 Å². The Morgan fingerprint density at radius 1 is 1.24 bits per heavy atom. The van der Waals surface area contributed by atoms with Gasteiger partial charge in [-0.15, -0.1) is 0 Å². The second-order valence-corrected chi connectivity index (χ2v) is 4.20. The molecule has 0 saturated carbocycles. The van der Waals surface area contributed by atoms with Crippen molar-refractivity contribution in [1.82, 2.24) is 4.98 Å². The van der Waals surface area contributed by atoms with E-state index >= 15 is 0 Å². The number of rotatable bonds is 3. The van der Waals surface area contributed by atoms with Gasteiger partial charge in [0.05, 0.1) is 0 Å². The number of hydrogen-bond acceptors (Lipinski definition) is 2. The summed E-state index contributed by atoms with van der Waals surface area (Å²) in [7, 11) is 0. The van der Waals surface area contributed by atoms with Crippen LogP contribution in [0.2, 0.25) is 0 Å². The van der Waals surface area contributed by atoms with Crippen LogP contribution in [0.15, 0.2) is 18.2 Å². The molecular weight excluding hydrogens is 215 g/mol. The average Bonchev–Trinajstić information content (AvgIpc) is 2.29. The Morgan fingerprint density at radius 3 is 2.65 bits per heavy atom. The summed E-state index contributed by atoms with van der Waals surface area (Å²) in [4.78, 5) is 4.39. The molecule has 0 saturated heterocycles. The summed E-state index contributed by atoms with van der Waals surface area (Å²) in [5.41, 5.74) is 2.50. The molecule has 0 atom stereocenters. The van der Waals surface area contributed by atoms with Crippen molar-refractivity contribution < 1.29 is 4.39 Å². The third-order valence-electron chi connectivity index (χ3n) is 2.82. The van der Waals surface area contributed by atoms with E-state index in [1.54, 1.807) is 0 Å². The second kappa shape index (κ2) is 4.70. The van der Waals surface area contributed by atoms with Crippen LogP contribution in [0, 0.1) is 12.7 Å². The number of halogens is 1. The zero-order chi connectivity index (χ0) is 12.4. The predicted molar refractivity (Wildman–Crippen MR) is 70.0 cm³/mol. The minimum atomic E-state index is -0.248. The molecule has 0 spiro atoms. The third-order valence-corrected chi connectivity index (χ3v) is 2.82. The van der Waals surface area contributed by atoms with Gasteiger partial charge in [-0.3, -0.25) is 0 Å². The molecule has 1 aromatic carbocycles. The van der Waals surface area contributed by atoms with Crippen molar-refractivity contribution in [1.29, 1.82) is 0 Å². The van der Waals surface area contributed by atoms with E-state index in [4.69, 9.17) is 0 Å². The molecule has 1 heterocycles. The van der Waals surface area contributed by atoms with Crippen molar-refractivity contribution in [2.24, 2.45) is 0 Å². The van der Waals surface area contributed by atoms with Crippen LogP contribution in [0.5, 0.6) is 0 Å². The van der Waals surface area contributed by atoms with Gasteiger partial charge in [-0.1, -0.05) is 6.92 Å². The zero-order valence-corrected chi connectivity index (χ0v) is 10.5. The molecule has 1 N–H and O–H groups in total. The SMILES string of the molecule is CCNc1nc2c(F)cc(C)cc2cc1CC. The van der Waals surface area contributed by atoms with Crippen molar-refractivity contribution in [3.8, 4) is 0 Å². The molecule has 0 aliphatic heterocycles. The summed E-state index contributed by atoms with van der Waals surface area (Å²) in [5.74, 6) is 0.548. The van der Waals surface area contributed by atoms with Crippen LogP contribution < -0.4 is 5.32 Å². The fourth-order valence-corrected chi connectivity index (χ4v) is 2.02. The van der Waals surface area contributed by atoms with Gasteiger partial charge in [-0.2, -0.15) is 0 Å². The lowest BCUT2D eigenvalue weighted by Crippen LogP contribution is -2.04. The quantitative estimate of drug-likeness (QED) is 0.873. The van der Waals surface area contributed by atoms with Gasteiger partial charge in [-0.05, 0) is 49.6 Å². The Hall–Kier alpha value is -1.64. The fourth-order valence-electron chi connectivity index (χ4n) is 2.02. The molecule has 90 valence electrons. The molecule has 2 nitrogen and oxygen atoms in total. The molecule has 0 radical (unpaired) electrons. The highest BCUT2D eigenvalue weighted by atomic mass is 19.1. The van der Waals surface area contributed by atoms with Crippen LogP contribution in [-0.2, 0) is 6.42 Å². The summed E-state index contributed by atoms with van der Waals surface area (Å²) in [6.07, 6.45) is 0.890. The summed E-state index contributed by atoms with van der Waals surface area (Å²) >= 11 is 0. The van der Waals surface area contributed by atoms with Crippen LogP contribution in [0.3, 0.4) is 0 Å². The summed E-state index contributed by atoms with van der Waals surface area (Å²) in [6.45, 7) is 6.78. The Balaban J connectivity index is 2.69. The number of benzene rings is 1. The van der Waals surface area contributed by atoms with E-state index in [2.05, 4.69) is 17.2 Å². The highest BCUT2D eigenvalue weighted by Crippen LogP contribution is 2.24. The smallest absolute Gasteiger partial charge is 0.149 e. The summed E-state index contributed by atoms with van der Waals surface area (Å²) < 4.78 is 13.8. The molecule has 3 heteroatoms. The summed E-state index contributed by atoms with van der Waals surface area (Å²) in [5, 5.41) is 4.06. The van der Waals surface area contributed by atoms with E-state index < -0.39 is 0 Å². The molecule has 0 aliphatic carbocycles. The van der Waals surface area contributed by atoms with Gasteiger partial charge >= 0.3 is 0 Å². The standard InChI is InChI=1S/C14H17FN2/c1-4-10-8-11-6-9(3)7-12(15)13(11)17-14(10)16-5-2/h6-8H,4-5H2,1-3H3,(H,16,17). The molecule has 0 unspecified atom stereocenters. The van der Waals surface area contributed by atoms with Gasteiger partial charge < -0.3 is 5.32 Å². The maximum atomic E-state index is 13.8. The van der Waals surface area contributed by atoms with Crippen LogP contribution >= 0.6 is 0 Å². The number of anilines is 1. The first kappa shape index (κ1) is 11.8. The van der Waals surface area contributed by atoms with E-state index in [1.165, 1.54) is 6.07 Å². The first-order valence-corrected chi connectivity index (χ1v) is 5.99. The minimum absolute atomic E-state index is 0.248. The van der Waals surface area contributed by atoms with Gasteiger partial charge in [-0.25, -0.2) is 9.37 Å². The maximum Gasteiger partial charge on any atom is 0.149 e. The number of fused-ring (bicyclic) bond motifs is 1. The lowest BCUT2D eigenvalue weighted by atomic mass is 10.1. The van der Waals surface area contributed by atoms with Gasteiger partial charge in [0.15, 0.2) is 0 Å². The number of pyridine rings is 1. The normalized spacial score (nSPS) is 10.8. The third kappa shape index (κ3) is 2.23. The van der Waals surface area contributed by atoms with E-state index in [-0.39, 0.29) is 5.82 Å². The van der Waals surface area contributed by atoms with Crippen LogP contribution in [0.25, 0.3) is 10.9 Å². The monoisotopic (exact) mass is 232 g/mol. The molecule has 17 heavy (non-hydrogen) atoms. The van der Waals surface area contributed by atoms with Gasteiger partial charge in [0, 0.05) is 11.9 Å². The molecule has 2 rings (SSSR count). The predicted octanol–water partition coefficient (Wildman–Crippen LogP) is 3.68. The van der Waals surface area contributed by atoms with Crippen LogP contribution in [0.1, 0.15) is 25.0 Å². The number of nitrogens with one attached hydrogen (secondary N) is 1. The number of aromatic nitrogens is 1. The molecule has 0 bridgehead atoms. The van der Waals surface area contributed by atoms with E-state index in [0.717, 1.165) is 35.3 Å². The molecule has 0 amide bonds. The van der Waals surface area contributed by atoms with Crippen molar-refractivity contribution in [2.45, 2.75) is 27.2 Å². The highest BCUT2D eigenvalue weighted by Gasteiger charge is 2.08. The highest BCUT2D eigenvalue weighted by molar-refractivity contribution is 5.83. The van der Waals surface area contributed by atoms with E-state index in [1.807, 2.05) is 26.0 Å². The molecule has 0 fully saturated rings. The lowest BCUT2D eigenvalue weighted by molar-refractivity contribution is 0.635. The Kier molecular flexibility index (Phi) is 3.27. The fraction of sp³-hybridized carbons (Fsp3) is 0.357. The average molecular weight is 232 g/mol. The molecule has 0 aliphatic rings. The summed E-state index contributed by atoms with van der Waals surface area (Å²) in [6, 6.07) is 5.52. The Morgan fingerprint density at radius 2 is 2.00 bits per heavy atom. The maximum absolute atomic E-state index is 13.8. The van der Waals surface area contributed by atoms with Crippen LogP contribution in [0.4, 0.5) is 10.2 Å². The molecular formula is C14H17FN2. The van der Waals surface area contributed by atoms with Gasteiger partial charge in [0.25, 0.3) is 0 Å². The number of hydrogen-bond donors (Lipinski definition) is 1. The minimum Gasteiger partial charge on any atom is -0.370 e. The van der Waals surface area contributed by atoms with Crippen molar-refractivity contribution in [3.05, 3.63) is 35.1 Å². The van der Waals surface area contributed by atoms with E-state index in [0.29, 0.717) is 5.52 Å². The zero-order valence-electron chi connectivity index (χ0n) is 10.5. The molecule has 1 aromatic heterocycles. The first-order chi connectivity index (χ1) is 8.15. The number of nitrogens with zero attached hydrogens (tertiary/aromatic N) is 1. The Labute approximate surface area is 101 Å². The van der Waals surface area contributed by atoms with Gasteiger partial charge in [0.2, 0.25) is 0 Å². The second-order valence-electron chi connectivity index (χ2n) is 4.20. The molecule has 2 aromatic rings. The number of aryl methyl sites for hydroxylation is 2. The Bertz CT molecular complexity index is 549. The first-order valence-electron chi connectivity index (χ1n) is 5.99. The largest absolute Gasteiger partial charge is 0.370 e. The van der Waals surface area contributed by atoms with Crippen molar-refractivity contribution >= 4 is 16.7 Å². The van der Waals surface area contributed by atoms with Gasteiger partial charge in [0.1, 0.15) is 17.2 Å². The van der Waals surface area contributed by atoms with Crippen molar-refractivity contribution in [3.63, 3.8) is 0 Å². The lowest BCUT2D eigenvalue weighted by Gasteiger charge is -2.11.